The number of benzene rings is 1. The average molecular weight is 399 g/mol. The van der Waals surface area contributed by atoms with Crippen LogP contribution in [0.25, 0.3) is 0 Å². The van der Waals surface area contributed by atoms with Crippen molar-refractivity contribution in [2.24, 2.45) is 0 Å². The molecule has 0 heterocycles. The fourth-order valence-corrected chi connectivity index (χ4v) is 4.94. The van der Waals surface area contributed by atoms with Gasteiger partial charge in [0, 0.05) is 30.0 Å². The zero-order valence-electron chi connectivity index (χ0n) is 12.7. The van der Waals surface area contributed by atoms with E-state index >= 15 is 0 Å². The van der Waals surface area contributed by atoms with Crippen LogP contribution >= 0.6 is 27.5 Å². The van der Waals surface area contributed by atoms with Crippen LogP contribution in [0, 0.1) is 6.92 Å². The number of nitrogens with zero attached hydrogens (tertiary/aromatic N) is 1. The number of methoxy groups -OCH3 is 1. The fraction of sp³-hybridized carbons (Fsp3) is 0.571. The number of ether oxygens (including phenoxy) is 1. The molecule has 0 aliphatic heterocycles. The number of sulfonamides is 1. The van der Waals surface area contributed by atoms with Crippen LogP contribution in [-0.2, 0) is 20.6 Å². The maximum atomic E-state index is 12.9. The Morgan fingerprint density at radius 1 is 1.43 bits per heavy atom. The molecule has 0 saturated heterocycles. The third-order valence-electron chi connectivity index (χ3n) is 3.31. The lowest BCUT2D eigenvalue weighted by molar-refractivity contribution is 0.142. The van der Waals surface area contributed by atoms with E-state index in [1.165, 1.54) is 4.31 Å². The van der Waals surface area contributed by atoms with E-state index in [4.69, 9.17) is 16.3 Å². The second-order valence-electron chi connectivity index (χ2n) is 4.85. The summed E-state index contributed by atoms with van der Waals surface area (Å²) in [4.78, 5) is 0.289. The van der Waals surface area contributed by atoms with Gasteiger partial charge in [0.05, 0.1) is 11.5 Å². The highest BCUT2D eigenvalue weighted by Crippen LogP contribution is 2.29. The first-order valence-electron chi connectivity index (χ1n) is 6.65. The maximum Gasteiger partial charge on any atom is 0.243 e. The van der Waals surface area contributed by atoms with Crippen LogP contribution in [0.15, 0.2) is 21.5 Å². The molecule has 4 nitrogen and oxygen atoms in total. The molecule has 0 aliphatic rings. The molecule has 0 aromatic heterocycles. The van der Waals surface area contributed by atoms with Gasteiger partial charge in [-0.3, -0.25) is 0 Å². The quantitative estimate of drug-likeness (QED) is 0.660. The Morgan fingerprint density at radius 2 is 2.05 bits per heavy atom. The minimum Gasteiger partial charge on any atom is -0.383 e. The van der Waals surface area contributed by atoms with Crippen molar-refractivity contribution in [3.8, 4) is 0 Å². The lowest BCUT2D eigenvalue weighted by atomic mass is 10.2. The molecular formula is C14H21BrClNO3S. The lowest BCUT2D eigenvalue weighted by Crippen LogP contribution is -2.41. The van der Waals surface area contributed by atoms with Crippen molar-refractivity contribution in [2.75, 3.05) is 20.3 Å². The summed E-state index contributed by atoms with van der Waals surface area (Å²) in [5, 5.41) is 0. The molecule has 0 aliphatic carbocycles. The summed E-state index contributed by atoms with van der Waals surface area (Å²) in [6.45, 7) is 6.17. The van der Waals surface area contributed by atoms with Crippen molar-refractivity contribution in [1.29, 1.82) is 0 Å². The molecule has 0 fully saturated rings. The molecular weight excluding hydrogens is 378 g/mol. The third kappa shape index (κ3) is 4.20. The minimum absolute atomic E-state index is 0.233. The van der Waals surface area contributed by atoms with Crippen molar-refractivity contribution >= 4 is 37.6 Å². The van der Waals surface area contributed by atoms with E-state index in [2.05, 4.69) is 15.9 Å². The van der Waals surface area contributed by atoms with Gasteiger partial charge in [0.1, 0.15) is 0 Å². The molecule has 1 aromatic carbocycles. The number of alkyl halides is 1. The summed E-state index contributed by atoms with van der Waals surface area (Å²) in [5.41, 5.74) is 1.45. The minimum atomic E-state index is -3.59. The molecule has 1 unspecified atom stereocenters. The molecule has 21 heavy (non-hydrogen) atoms. The van der Waals surface area contributed by atoms with Crippen molar-refractivity contribution in [1.82, 2.24) is 4.31 Å². The van der Waals surface area contributed by atoms with E-state index in [1.807, 2.05) is 19.9 Å². The Morgan fingerprint density at radius 3 is 2.52 bits per heavy atom. The van der Waals surface area contributed by atoms with Crippen LogP contribution in [0.4, 0.5) is 0 Å². The first-order chi connectivity index (χ1) is 9.79. The van der Waals surface area contributed by atoms with Crippen LogP contribution < -0.4 is 0 Å². The topological polar surface area (TPSA) is 46.6 Å². The van der Waals surface area contributed by atoms with Crippen LogP contribution in [0.2, 0.25) is 0 Å². The molecule has 1 atom stereocenters. The molecule has 0 saturated carbocycles. The predicted octanol–water partition coefficient (Wildman–Crippen LogP) is 3.54. The van der Waals surface area contributed by atoms with E-state index in [0.717, 1.165) is 10.0 Å². The normalized spacial score (nSPS) is 13.7. The number of likely N-dealkylation sites (N-methyl/N-ethyl adjacent to an activating group) is 1. The van der Waals surface area contributed by atoms with E-state index in [-0.39, 0.29) is 16.8 Å². The summed E-state index contributed by atoms with van der Waals surface area (Å²) in [7, 11) is -2.03. The Balaban J connectivity index is 3.38. The van der Waals surface area contributed by atoms with Crippen LogP contribution in [-0.4, -0.2) is 39.0 Å². The van der Waals surface area contributed by atoms with Crippen LogP contribution in [0.1, 0.15) is 25.0 Å². The van der Waals surface area contributed by atoms with Gasteiger partial charge in [-0.25, -0.2) is 8.42 Å². The Hall–Kier alpha value is -0.140. The molecule has 1 aromatic rings. The third-order valence-corrected chi connectivity index (χ3v) is 6.66. The highest BCUT2D eigenvalue weighted by Gasteiger charge is 2.29. The van der Waals surface area contributed by atoms with Gasteiger partial charge in [-0.05, 0) is 37.1 Å². The lowest BCUT2D eigenvalue weighted by Gasteiger charge is -2.27. The number of halogens is 2. The summed E-state index contributed by atoms with van der Waals surface area (Å²) >= 11 is 9.25. The molecule has 120 valence electrons. The number of rotatable bonds is 7. The second-order valence-corrected chi connectivity index (χ2v) is 7.83. The van der Waals surface area contributed by atoms with Gasteiger partial charge in [-0.15, -0.1) is 11.6 Å². The largest absolute Gasteiger partial charge is 0.383 e. The summed E-state index contributed by atoms with van der Waals surface area (Å²) in [6.07, 6.45) is 0. The highest BCUT2D eigenvalue weighted by molar-refractivity contribution is 9.10. The molecule has 0 spiro atoms. The first-order valence-corrected chi connectivity index (χ1v) is 9.42. The second kappa shape index (κ2) is 7.92. The van der Waals surface area contributed by atoms with Crippen molar-refractivity contribution in [3.05, 3.63) is 27.7 Å². The Kier molecular flexibility index (Phi) is 7.13. The monoisotopic (exact) mass is 397 g/mol. The van der Waals surface area contributed by atoms with Gasteiger partial charge in [0.15, 0.2) is 0 Å². The van der Waals surface area contributed by atoms with Gasteiger partial charge in [0.25, 0.3) is 0 Å². The van der Waals surface area contributed by atoms with Gasteiger partial charge in [0.2, 0.25) is 10.0 Å². The zero-order chi connectivity index (χ0) is 16.2. The standard InChI is InChI=1S/C14H21BrClNO3S/c1-5-17(10(2)9-20-4)21(18,19)14-7-12(8-16)6-13(15)11(14)3/h6-7,10H,5,8-9H2,1-4H3. The van der Waals surface area contributed by atoms with E-state index in [0.29, 0.717) is 18.7 Å². The van der Waals surface area contributed by atoms with E-state index in [1.54, 1.807) is 20.1 Å². The first kappa shape index (κ1) is 18.9. The Bertz CT molecular complexity index is 592. The SMILES string of the molecule is CCN(C(C)COC)S(=O)(=O)c1cc(CCl)cc(Br)c1C. The summed E-state index contributed by atoms with van der Waals surface area (Å²) in [6, 6.07) is 3.25. The zero-order valence-corrected chi connectivity index (χ0v) is 15.8. The maximum absolute atomic E-state index is 12.9. The molecule has 0 N–H and O–H groups in total. The van der Waals surface area contributed by atoms with Crippen molar-refractivity contribution in [2.45, 2.75) is 37.6 Å². The summed E-state index contributed by atoms with van der Waals surface area (Å²) < 4.78 is 33.1. The molecule has 0 bridgehead atoms. The predicted molar refractivity (Wildman–Crippen MR) is 89.3 cm³/mol. The molecule has 1 rings (SSSR count). The van der Waals surface area contributed by atoms with Crippen molar-refractivity contribution < 1.29 is 13.2 Å². The summed E-state index contributed by atoms with van der Waals surface area (Å²) in [5.74, 6) is 0.265. The number of hydrogen-bond donors (Lipinski definition) is 0. The fourth-order valence-electron chi connectivity index (χ4n) is 2.22. The van der Waals surface area contributed by atoms with Gasteiger partial charge < -0.3 is 4.74 Å². The smallest absolute Gasteiger partial charge is 0.243 e. The van der Waals surface area contributed by atoms with Crippen LogP contribution in [0.3, 0.4) is 0 Å². The highest BCUT2D eigenvalue weighted by atomic mass is 79.9. The van der Waals surface area contributed by atoms with E-state index < -0.39 is 10.0 Å². The molecule has 7 heteroatoms. The Labute approximate surface area is 140 Å². The van der Waals surface area contributed by atoms with Crippen LogP contribution in [0.5, 0.6) is 0 Å². The number of hydrogen-bond acceptors (Lipinski definition) is 3. The van der Waals surface area contributed by atoms with Gasteiger partial charge in [-0.2, -0.15) is 4.31 Å². The van der Waals surface area contributed by atoms with Gasteiger partial charge in [-0.1, -0.05) is 22.9 Å². The molecule has 0 radical (unpaired) electrons. The molecule has 0 amide bonds. The van der Waals surface area contributed by atoms with E-state index in [9.17, 15) is 8.42 Å². The van der Waals surface area contributed by atoms with Crippen molar-refractivity contribution in [3.63, 3.8) is 0 Å². The van der Waals surface area contributed by atoms with Gasteiger partial charge >= 0.3 is 0 Å². The average Bonchev–Trinajstić information content (AvgIpc) is 2.42.